The molecule has 10 heteroatoms. The normalized spacial score (nSPS) is 15.3. The van der Waals surface area contributed by atoms with E-state index in [2.05, 4.69) is 9.98 Å². The highest BCUT2D eigenvalue weighted by molar-refractivity contribution is 14.0. The van der Waals surface area contributed by atoms with Crippen LogP contribution in [0.25, 0.3) is 0 Å². The van der Waals surface area contributed by atoms with Crippen LogP contribution in [0.5, 0.6) is 0 Å². The number of aliphatic imine (C=N–C) groups is 1. The van der Waals surface area contributed by atoms with Gasteiger partial charge < -0.3 is 20.3 Å². The summed E-state index contributed by atoms with van der Waals surface area (Å²) >= 11 is 0. The third-order valence-corrected chi connectivity index (χ3v) is 2.87. The number of imidazole rings is 1. The van der Waals surface area contributed by atoms with Crippen molar-refractivity contribution in [3.8, 4) is 0 Å². The molecule has 1 unspecified atom stereocenters. The van der Waals surface area contributed by atoms with E-state index in [9.17, 15) is 18.3 Å². The third-order valence-electron chi connectivity index (χ3n) is 2.87. The molecule has 0 radical (unpaired) electrons. The molecule has 0 amide bonds. The summed E-state index contributed by atoms with van der Waals surface area (Å²) in [5.41, 5.74) is 2.44. The van der Waals surface area contributed by atoms with E-state index < -0.39 is 24.0 Å². The van der Waals surface area contributed by atoms with Gasteiger partial charge in [0.05, 0.1) is 0 Å². The van der Waals surface area contributed by atoms with Crippen molar-refractivity contribution in [1.29, 1.82) is 0 Å². The molecular formula is C11H19F3IN5O. The number of aromatic nitrogens is 2. The van der Waals surface area contributed by atoms with Gasteiger partial charge in [-0.2, -0.15) is 13.2 Å². The van der Waals surface area contributed by atoms with Crippen LogP contribution in [0.1, 0.15) is 12.2 Å². The van der Waals surface area contributed by atoms with Gasteiger partial charge in [0.1, 0.15) is 5.82 Å². The molecule has 1 aromatic heterocycles. The van der Waals surface area contributed by atoms with Crippen LogP contribution >= 0.6 is 24.0 Å². The Bertz CT molecular complexity index is 488. The fourth-order valence-electron chi connectivity index (χ4n) is 1.62. The molecule has 1 heterocycles. The smallest absolute Gasteiger partial charge is 0.374 e. The molecule has 0 aliphatic heterocycles. The van der Waals surface area contributed by atoms with Gasteiger partial charge >= 0.3 is 6.18 Å². The van der Waals surface area contributed by atoms with E-state index in [-0.39, 0.29) is 36.5 Å². The maximum Gasteiger partial charge on any atom is 0.424 e. The van der Waals surface area contributed by atoms with Crippen molar-refractivity contribution in [3.05, 3.63) is 18.2 Å². The zero-order valence-corrected chi connectivity index (χ0v) is 14.3. The SMILES string of the molecule is CN(C)C(N)=NCCC(O)(c1nccn1C)C(F)(F)F.I. The van der Waals surface area contributed by atoms with E-state index in [1.807, 2.05) is 0 Å². The number of hydrogen-bond acceptors (Lipinski definition) is 3. The summed E-state index contributed by atoms with van der Waals surface area (Å²) < 4.78 is 40.5. The van der Waals surface area contributed by atoms with Crippen LogP contribution in [-0.2, 0) is 12.6 Å². The van der Waals surface area contributed by atoms with Crippen molar-refractivity contribution < 1.29 is 18.3 Å². The molecule has 1 aromatic rings. The van der Waals surface area contributed by atoms with Crippen LogP contribution in [0.4, 0.5) is 13.2 Å². The molecule has 21 heavy (non-hydrogen) atoms. The molecule has 0 bridgehead atoms. The monoisotopic (exact) mass is 421 g/mol. The van der Waals surface area contributed by atoms with Gasteiger partial charge in [-0.3, -0.25) is 4.99 Å². The van der Waals surface area contributed by atoms with E-state index in [4.69, 9.17) is 5.73 Å². The quantitative estimate of drug-likeness (QED) is 0.433. The second-order valence-electron chi connectivity index (χ2n) is 4.60. The Balaban J connectivity index is 0.00000400. The lowest BCUT2D eigenvalue weighted by atomic mass is 9.98. The molecule has 0 aliphatic carbocycles. The molecule has 3 N–H and O–H groups in total. The summed E-state index contributed by atoms with van der Waals surface area (Å²) in [7, 11) is 4.62. The largest absolute Gasteiger partial charge is 0.424 e. The number of aliphatic hydroxyl groups is 1. The fraction of sp³-hybridized carbons (Fsp3) is 0.636. The van der Waals surface area contributed by atoms with E-state index in [1.165, 1.54) is 24.3 Å². The van der Waals surface area contributed by atoms with Crippen molar-refractivity contribution in [2.75, 3.05) is 20.6 Å². The Kier molecular flexibility index (Phi) is 6.93. The first kappa shape index (κ1) is 20.0. The van der Waals surface area contributed by atoms with Crippen molar-refractivity contribution in [2.45, 2.75) is 18.2 Å². The number of halogens is 4. The van der Waals surface area contributed by atoms with Crippen LogP contribution in [-0.4, -0.2) is 52.3 Å². The molecule has 6 nitrogen and oxygen atoms in total. The molecule has 0 saturated heterocycles. The highest BCUT2D eigenvalue weighted by atomic mass is 127. The molecule has 0 aromatic carbocycles. The van der Waals surface area contributed by atoms with Crippen LogP contribution in [0.15, 0.2) is 17.4 Å². The van der Waals surface area contributed by atoms with Crippen molar-refractivity contribution in [1.82, 2.24) is 14.5 Å². The molecular weight excluding hydrogens is 402 g/mol. The first-order chi connectivity index (χ1) is 9.09. The third kappa shape index (κ3) is 4.46. The highest BCUT2D eigenvalue weighted by Gasteiger charge is 2.57. The minimum absolute atomic E-state index is 0. The van der Waals surface area contributed by atoms with Crippen LogP contribution in [0.3, 0.4) is 0 Å². The van der Waals surface area contributed by atoms with E-state index in [0.29, 0.717) is 0 Å². The Morgan fingerprint density at radius 2 is 2.05 bits per heavy atom. The summed E-state index contributed by atoms with van der Waals surface area (Å²) in [6.45, 7) is -0.271. The lowest BCUT2D eigenvalue weighted by molar-refractivity contribution is -0.272. The predicted molar refractivity (Wildman–Crippen MR) is 83.4 cm³/mol. The van der Waals surface area contributed by atoms with Crippen molar-refractivity contribution in [2.24, 2.45) is 17.8 Å². The fourth-order valence-corrected chi connectivity index (χ4v) is 1.62. The van der Waals surface area contributed by atoms with Crippen molar-refractivity contribution >= 4 is 29.9 Å². The highest BCUT2D eigenvalue weighted by Crippen LogP contribution is 2.40. The zero-order valence-electron chi connectivity index (χ0n) is 11.9. The van der Waals surface area contributed by atoms with Gasteiger partial charge in [0.15, 0.2) is 5.96 Å². The number of hydrogen-bond donors (Lipinski definition) is 2. The summed E-state index contributed by atoms with van der Waals surface area (Å²) in [6.07, 6.45) is -2.97. The van der Waals surface area contributed by atoms with Crippen LogP contribution in [0.2, 0.25) is 0 Å². The summed E-state index contributed by atoms with van der Waals surface area (Å²) in [5.74, 6) is -0.377. The number of aryl methyl sites for hydroxylation is 1. The molecule has 0 fully saturated rings. The molecule has 1 rings (SSSR count). The number of nitrogens with zero attached hydrogens (tertiary/aromatic N) is 4. The minimum atomic E-state index is -4.85. The summed E-state index contributed by atoms with van der Waals surface area (Å²) in [5, 5.41) is 10.0. The lowest BCUT2D eigenvalue weighted by Crippen LogP contribution is -2.45. The van der Waals surface area contributed by atoms with Crippen LogP contribution < -0.4 is 5.73 Å². The Labute approximate surface area is 137 Å². The molecule has 0 saturated carbocycles. The van der Waals surface area contributed by atoms with Gasteiger partial charge in [-0.1, -0.05) is 0 Å². The molecule has 1 atom stereocenters. The van der Waals surface area contributed by atoms with E-state index in [1.54, 1.807) is 14.1 Å². The van der Waals surface area contributed by atoms with E-state index >= 15 is 0 Å². The van der Waals surface area contributed by atoms with E-state index in [0.717, 1.165) is 4.57 Å². The van der Waals surface area contributed by atoms with Crippen LogP contribution in [0, 0.1) is 0 Å². The number of alkyl halides is 3. The second-order valence-corrected chi connectivity index (χ2v) is 4.60. The van der Waals surface area contributed by atoms with Gasteiger partial charge in [-0.05, 0) is 0 Å². The van der Waals surface area contributed by atoms with Gasteiger partial charge in [0.2, 0.25) is 5.60 Å². The predicted octanol–water partition coefficient (Wildman–Crippen LogP) is 1.05. The maximum atomic E-state index is 13.1. The lowest BCUT2D eigenvalue weighted by Gasteiger charge is -2.29. The zero-order chi connectivity index (χ0) is 15.6. The minimum Gasteiger partial charge on any atom is -0.374 e. The number of nitrogens with two attached hydrogens (primary N) is 1. The number of rotatable bonds is 4. The first-order valence-electron chi connectivity index (χ1n) is 5.83. The van der Waals surface area contributed by atoms with Gasteiger partial charge in [-0.25, -0.2) is 4.98 Å². The summed E-state index contributed by atoms with van der Waals surface area (Å²) in [6, 6.07) is 0. The summed E-state index contributed by atoms with van der Waals surface area (Å²) in [4.78, 5) is 8.84. The van der Waals surface area contributed by atoms with Gasteiger partial charge in [-0.15, -0.1) is 24.0 Å². The van der Waals surface area contributed by atoms with Gasteiger partial charge in [0.25, 0.3) is 0 Å². The Hall–Kier alpha value is -1.04. The van der Waals surface area contributed by atoms with Crippen molar-refractivity contribution in [3.63, 3.8) is 0 Å². The molecule has 0 spiro atoms. The van der Waals surface area contributed by atoms with Gasteiger partial charge in [0, 0.05) is 46.5 Å². The first-order valence-corrected chi connectivity index (χ1v) is 5.83. The average molecular weight is 421 g/mol. The average Bonchev–Trinajstić information content (AvgIpc) is 2.73. The second kappa shape index (κ2) is 7.29. The molecule has 0 aliphatic rings. The Morgan fingerprint density at radius 1 is 1.48 bits per heavy atom. The number of guanidine groups is 1. The Morgan fingerprint density at radius 3 is 2.43 bits per heavy atom. The maximum absolute atomic E-state index is 13.1. The topological polar surface area (TPSA) is 79.7 Å². The standard InChI is InChI=1S/C11H18F3N5O.HI/c1-18(2)9(15)17-5-4-10(20,11(12,13)14)8-16-6-7-19(8)3;/h6-7,20H,4-5H2,1-3H3,(H2,15,17);1H. The molecule has 122 valence electrons.